The fourth-order valence-corrected chi connectivity index (χ4v) is 5.12. The lowest BCUT2D eigenvalue weighted by molar-refractivity contribution is -0.306. The number of nitrogens with one attached hydrogen (secondary N) is 2. The molecule has 1 aromatic heterocycles. The number of carboxylic acids is 1. The predicted octanol–water partition coefficient (Wildman–Crippen LogP) is 5.88. The molecule has 216 valence electrons. The molecular formula is C28H33F3N4O5. The number of carbonyl (C=O) groups excluding carboxylic acids is 1. The number of allylic oxidation sites excluding steroid dienone is 4. The summed E-state index contributed by atoms with van der Waals surface area (Å²) in [5.74, 6) is -0.746. The number of anilines is 1. The third-order valence-electron chi connectivity index (χ3n) is 7.08. The van der Waals surface area contributed by atoms with E-state index in [9.17, 15) is 22.8 Å². The van der Waals surface area contributed by atoms with E-state index in [0.717, 1.165) is 42.6 Å². The number of nitrogens with zero attached hydrogens (tertiary/aromatic N) is 2. The van der Waals surface area contributed by atoms with Gasteiger partial charge in [-0.25, -0.2) is 4.68 Å². The summed E-state index contributed by atoms with van der Waals surface area (Å²) in [6.45, 7) is 0.0462. The number of alkyl halides is 3. The molecular weight excluding hydrogens is 529 g/mol. The molecule has 0 spiro atoms. The van der Waals surface area contributed by atoms with Crippen molar-refractivity contribution in [2.45, 2.75) is 63.8 Å². The third-order valence-corrected chi connectivity index (χ3v) is 7.08. The zero-order chi connectivity index (χ0) is 28.7. The highest BCUT2D eigenvalue weighted by Gasteiger charge is 2.33. The fourth-order valence-electron chi connectivity index (χ4n) is 5.12. The first kappa shape index (κ1) is 29.0. The molecule has 1 atom stereocenters. The lowest BCUT2D eigenvalue weighted by Crippen LogP contribution is -2.26. The third kappa shape index (κ3) is 7.80. The minimum atomic E-state index is -4.72. The number of aliphatic carboxylic acids is 1. The molecule has 0 saturated heterocycles. The Balaban J connectivity index is 1.55. The second kappa shape index (κ2) is 12.9. The SMILES string of the molecule is COc1nn(C2=CC=C(OC(F)(F)F)CC2)cc1C(Nc1ccc(C(=O)NCCC(=O)O)cc1)C1CCCCC1. The lowest BCUT2D eigenvalue weighted by Gasteiger charge is -2.31. The number of rotatable bonds is 11. The number of aromatic nitrogens is 2. The van der Waals surface area contributed by atoms with E-state index in [4.69, 9.17) is 9.84 Å². The van der Waals surface area contributed by atoms with Crippen molar-refractivity contribution >= 4 is 23.3 Å². The zero-order valence-electron chi connectivity index (χ0n) is 22.2. The number of carbonyl (C=O) groups is 2. The van der Waals surface area contributed by atoms with Gasteiger partial charge in [0.1, 0.15) is 5.76 Å². The molecule has 0 bridgehead atoms. The van der Waals surface area contributed by atoms with Gasteiger partial charge in [0, 0.05) is 36.1 Å². The Labute approximate surface area is 230 Å². The van der Waals surface area contributed by atoms with Crippen molar-refractivity contribution in [1.29, 1.82) is 0 Å². The lowest BCUT2D eigenvalue weighted by atomic mass is 9.81. The van der Waals surface area contributed by atoms with Crippen LogP contribution in [0.4, 0.5) is 18.9 Å². The van der Waals surface area contributed by atoms with Gasteiger partial charge >= 0.3 is 12.3 Å². The molecule has 2 aliphatic rings. The van der Waals surface area contributed by atoms with Gasteiger partial charge in [-0.1, -0.05) is 19.3 Å². The Bertz CT molecular complexity index is 1250. The van der Waals surface area contributed by atoms with Crippen LogP contribution >= 0.6 is 0 Å². The molecule has 40 heavy (non-hydrogen) atoms. The minimum absolute atomic E-state index is 0.0462. The van der Waals surface area contributed by atoms with Crippen LogP contribution in [0.2, 0.25) is 0 Å². The quantitative estimate of drug-likeness (QED) is 0.313. The molecule has 0 radical (unpaired) electrons. The van der Waals surface area contributed by atoms with Crippen LogP contribution < -0.4 is 15.4 Å². The average molecular weight is 563 g/mol. The normalized spacial score (nSPS) is 16.9. The molecule has 1 heterocycles. The van der Waals surface area contributed by atoms with Gasteiger partial charge in [0.2, 0.25) is 5.88 Å². The number of methoxy groups -OCH3 is 1. The maximum Gasteiger partial charge on any atom is 0.572 e. The highest BCUT2D eigenvalue weighted by atomic mass is 19.4. The highest BCUT2D eigenvalue weighted by molar-refractivity contribution is 5.94. The molecule has 1 amide bonds. The number of hydrogen-bond donors (Lipinski definition) is 3. The van der Waals surface area contributed by atoms with Gasteiger partial charge in [-0.05, 0) is 61.6 Å². The summed E-state index contributed by atoms with van der Waals surface area (Å²) < 4.78 is 49.1. The topological polar surface area (TPSA) is 115 Å². The Morgan fingerprint density at radius 1 is 1.12 bits per heavy atom. The van der Waals surface area contributed by atoms with E-state index in [0.29, 0.717) is 23.8 Å². The van der Waals surface area contributed by atoms with Crippen molar-refractivity contribution in [3.8, 4) is 5.88 Å². The Morgan fingerprint density at radius 3 is 2.45 bits per heavy atom. The number of amides is 1. The molecule has 12 heteroatoms. The van der Waals surface area contributed by atoms with Gasteiger partial charge in [0.15, 0.2) is 0 Å². The minimum Gasteiger partial charge on any atom is -0.481 e. The molecule has 4 rings (SSSR count). The van der Waals surface area contributed by atoms with Crippen LogP contribution in [-0.4, -0.2) is 46.8 Å². The van der Waals surface area contributed by atoms with E-state index in [1.165, 1.54) is 19.6 Å². The molecule has 9 nitrogen and oxygen atoms in total. The first-order valence-electron chi connectivity index (χ1n) is 13.3. The average Bonchev–Trinajstić information content (AvgIpc) is 3.36. The monoisotopic (exact) mass is 562 g/mol. The van der Waals surface area contributed by atoms with Gasteiger partial charge in [0.25, 0.3) is 5.91 Å². The van der Waals surface area contributed by atoms with E-state index in [1.54, 1.807) is 35.0 Å². The van der Waals surface area contributed by atoms with E-state index < -0.39 is 12.3 Å². The van der Waals surface area contributed by atoms with Gasteiger partial charge < -0.3 is 25.2 Å². The van der Waals surface area contributed by atoms with Crippen LogP contribution in [-0.2, 0) is 9.53 Å². The summed E-state index contributed by atoms with van der Waals surface area (Å²) in [5, 5.41) is 19.5. The molecule has 1 unspecified atom stereocenters. The highest BCUT2D eigenvalue weighted by Crippen LogP contribution is 2.40. The van der Waals surface area contributed by atoms with E-state index >= 15 is 0 Å². The van der Waals surface area contributed by atoms with Gasteiger partial charge in [-0.15, -0.1) is 18.3 Å². The van der Waals surface area contributed by atoms with Gasteiger partial charge in [0.05, 0.1) is 25.1 Å². The predicted molar refractivity (Wildman–Crippen MR) is 141 cm³/mol. The summed E-state index contributed by atoms with van der Waals surface area (Å²) in [4.78, 5) is 23.0. The first-order valence-corrected chi connectivity index (χ1v) is 13.3. The fraction of sp³-hybridized carbons (Fsp3) is 0.464. The molecule has 1 saturated carbocycles. The van der Waals surface area contributed by atoms with Crippen molar-refractivity contribution in [3.63, 3.8) is 0 Å². The van der Waals surface area contributed by atoms with Crippen LogP contribution in [0.3, 0.4) is 0 Å². The van der Waals surface area contributed by atoms with E-state index in [-0.39, 0.29) is 37.1 Å². The summed E-state index contributed by atoms with van der Waals surface area (Å²) >= 11 is 0. The molecule has 0 aliphatic heterocycles. The molecule has 2 aliphatic carbocycles. The first-order chi connectivity index (χ1) is 19.1. The molecule has 3 N–H and O–H groups in total. The number of ether oxygens (including phenoxy) is 2. The Morgan fingerprint density at radius 2 is 1.85 bits per heavy atom. The van der Waals surface area contributed by atoms with Crippen molar-refractivity contribution < 1.29 is 37.3 Å². The summed E-state index contributed by atoms with van der Waals surface area (Å²) in [5.41, 5.74) is 2.77. The van der Waals surface area contributed by atoms with Crippen LogP contribution in [0.15, 0.2) is 48.4 Å². The number of hydrogen-bond acceptors (Lipinski definition) is 6. The van der Waals surface area contributed by atoms with Crippen LogP contribution in [0.1, 0.15) is 73.3 Å². The molecule has 1 aromatic carbocycles. The standard InChI is InChI=1S/C28H33F3N4O5/c1-39-27-23(17-35(34-27)21-11-13-22(14-12-21)40-28(29,30)31)25(18-5-3-2-4-6-18)33-20-9-7-19(8-10-20)26(38)32-16-15-24(36)37/h7-11,13,17-18,25,33H,2-6,12,14-16H2,1H3,(H,32,38)(H,36,37). The number of halogens is 3. The Hall–Kier alpha value is -3.96. The van der Waals surface area contributed by atoms with Crippen molar-refractivity contribution in [3.05, 3.63) is 59.5 Å². The number of carboxylic acid groups (broad SMARTS) is 1. The molecule has 2 aromatic rings. The smallest absolute Gasteiger partial charge is 0.481 e. The zero-order valence-corrected chi connectivity index (χ0v) is 22.2. The van der Waals surface area contributed by atoms with Crippen molar-refractivity contribution in [2.24, 2.45) is 5.92 Å². The van der Waals surface area contributed by atoms with Crippen LogP contribution in [0.5, 0.6) is 5.88 Å². The van der Waals surface area contributed by atoms with E-state index in [2.05, 4.69) is 20.5 Å². The summed E-state index contributed by atoms with van der Waals surface area (Å²) in [6, 6.07) is 6.81. The number of benzene rings is 1. The van der Waals surface area contributed by atoms with Gasteiger partial charge in [-0.2, -0.15) is 0 Å². The second-order valence-electron chi connectivity index (χ2n) is 9.87. The van der Waals surface area contributed by atoms with E-state index in [1.807, 2.05) is 6.20 Å². The Kier molecular flexibility index (Phi) is 9.38. The van der Waals surface area contributed by atoms with Crippen LogP contribution in [0, 0.1) is 5.92 Å². The van der Waals surface area contributed by atoms with Crippen LogP contribution in [0.25, 0.3) is 5.70 Å². The maximum absolute atomic E-state index is 12.6. The maximum atomic E-state index is 12.6. The largest absolute Gasteiger partial charge is 0.572 e. The van der Waals surface area contributed by atoms with Gasteiger partial charge in [-0.3, -0.25) is 9.59 Å². The second-order valence-corrected chi connectivity index (χ2v) is 9.87. The summed E-state index contributed by atoms with van der Waals surface area (Å²) in [6.07, 6.45) is 5.71. The summed E-state index contributed by atoms with van der Waals surface area (Å²) in [7, 11) is 1.54. The van der Waals surface area contributed by atoms with Crippen molar-refractivity contribution in [1.82, 2.24) is 15.1 Å². The molecule has 1 fully saturated rings. The van der Waals surface area contributed by atoms with Crippen molar-refractivity contribution in [2.75, 3.05) is 19.0 Å².